The fourth-order valence-electron chi connectivity index (χ4n) is 3.72. The van der Waals surface area contributed by atoms with Crippen LogP contribution in [0.1, 0.15) is 10.4 Å². The Kier molecular flexibility index (Phi) is 7.74. The number of fused-ring (bicyclic) bond motifs is 1. The molecule has 3 aromatic rings. The molecular weight excluding hydrogens is 526 g/mol. The van der Waals surface area contributed by atoms with Crippen LogP contribution in [0.15, 0.2) is 65.1 Å². The van der Waals surface area contributed by atoms with E-state index in [9.17, 15) is 32.3 Å². The summed E-state index contributed by atoms with van der Waals surface area (Å²) in [5, 5.41) is 24.9. The number of benzene rings is 1. The minimum absolute atomic E-state index is 0.122. The van der Waals surface area contributed by atoms with E-state index in [-0.39, 0.29) is 39.3 Å². The maximum absolute atomic E-state index is 13.8. The number of carboxylic acid groups (broad SMARTS) is 1. The predicted octanol–water partition coefficient (Wildman–Crippen LogP) is 3.94. The lowest BCUT2D eigenvalue weighted by atomic mass is 10.0. The van der Waals surface area contributed by atoms with Gasteiger partial charge in [-0.3, -0.25) is 4.79 Å². The standard InChI is InChI=1S/C25H19F4N5O5/c1-31-10-13-8-14(4-7-17(13)30)34-23(35)20(12-2-5-15(6-3-12)39-25(28)29)22-21(33-34)16(24(36)37)9-19(32-22)38-11-18(26)27/h2-10,18,25,30-31H,11H2,1H3,(H,36,37)/b13-10-,30-17?. The van der Waals surface area contributed by atoms with Crippen LogP contribution in [0, 0.1) is 5.41 Å². The van der Waals surface area contributed by atoms with Gasteiger partial charge in [0.2, 0.25) is 5.88 Å². The first-order valence-corrected chi connectivity index (χ1v) is 11.1. The fourth-order valence-corrected chi connectivity index (χ4v) is 3.72. The molecule has 2 heterocycles. The van der Waals surface area contributed by atoms with E-state index in [2.05, 4.69) is 20.1 Å². The Labute approximate surface area is 217 Å². The van der Waals surface area contributed by atoms with Crippen LogP contribution < -0.4 is 20.3 Å². The van der Waals surface area contributed by atoms with Crippen LogP contribution in [-0.2, 0) is 0 Å². The van der Waals surface area contributed by atoms with Crippen molar-refractivity contribution in [2.24, 2.45) is 0 Å². The molecule has 4 rings (SSSR count). The molecular formula is C25H19F4N5O5. The van der Waals surface area contributed by atoms with Crippen LogP contribution in [0.4, 0.5) is 17.6 Å². The molecule has 1 aliphatic rings. The quantitative estimate of drug-likeness (QED) is 0.344. The van der Waals surface area contributed by atoms with Gasteiger partial charge in [0.25, 0.3) is 12.0 Å². The molecule has 0 fully saturated rings. The van der Waals surface area contributed by atoms with Crippen LogP contribution in [0.2, 0.25) is 0 Å². The zero-order valence-corrected chi connectivity index (χ0v) is 20.0. The Morgan fingerprint density at radius 3 is 2.51 bits per heavy atom. The lowest BCUT2D eigenvalue weighted by molar-refractivity contribution is -0.0498. The Balaban J connectivity index is 2.03. The van der Waals surface area contributed by atoms with Gasteiger partial charge < -0.3 is 25.3 Å². The summed E-state index contributed by atoms with van der Waals surface area (Å²) >= 11 is 0. The predicted molar refractivity (Wildman–Crippen MR) is 133 cm³/mol. The van der Waals surface area contributed by atoms with Crippen molar-refractivity contribution in [2.75, 3.05) is 13.7 Å². The summed E-state index contributed by atoms with van der Waals surface area (Å²) in [6.07, 6.45) is 2.93. The van der Waals surface area contributed by atoms with Crippen molar-refractivity contribution in [3.8, 4) is 22.8 Å². The number of alkyl halides is 4. The molecule has 0 spiro atoms. The number of hydrogen-bond donors (Lipinski definition) is 3. The van der Waals surface area contributed by atoms with Crippen LogP contribution in [0.5, 0.6) is 11.6 Å². The Morgan fingerprint density at radius 1 is 1.18 bits per heavy atom. The average Bonchev–Trinajstić information content (AvgIpc) is 2.88. The number of nitrogens with one attached hydrogen (secondary N) is 2. The number of halogens is 4. The second kappa shape index (κ2) is 11.2. The molecule has 0 saturated carbocycles. The van der Waals surface area contributed by atoms with Gasteiger partial charge in [-0.15, -0.1) is 0 Å². The van der Waals surface area contributed by atoms with Crippen molar-refractivity contribution in [1.82, 2.24) is 20.1 Å². The first kappa shape index (κ1) is 27.0. The zero-order valence-electron chi connectivity index (χ0n) is 20.0. The van der Waals surface area contributed by atoms with Gasteiger partial charge >= 0.3 is 12.6 Å². The minimum Gasteiger partial charge on any atom is -0.478 e. The van der Waals surface area contributed by atoms with Gasteiger partial charge in [-0.1, -0.05) is 12.1 Å². The van der Waals surface area contributed by atoms with Crippen LogP contribution >= 0.6 is 0 Å². The third-order valence-electron chi connectivity index (χ3n) is 5.35. The lowest BCUT2D eigenvalue weighted by Crippen LogP contribution is -2.26. The SMILES string of the molecule is CN/C=C1/C=C(n2nc3c(C(=O)O)cc(OCC(F)F)nc3c(-c3ccc(OC(F)F)cc3)c2=O)C=CC1=N. The van der Waals surface area contributed by atoms with Crippen LogP contribution in [0.25, 0.3) is 27.9 Å². The molecule has 1 aliphatic carbocycles. The Bertz CT molecular complexity index is 1600. The minimum atomic E-state index is -3.09. The maximum atomic E-state index is 13.8. The highest BCUT2D eigenvalue weighted by atomic mass is 19.3. The third kappa shape index (κ3) is 5.79. The summed E-state index contributed by atoms with van der Waals surface area (Å²) in [4.78, 5) is 30.0. The number of rotatable bonds is 9. The fraction of sp³-hybridized carbons (Fsp3) is 0.160. The number of ether oxygens (including phenoxy) is 2. The molecule has 3 N–H and O–H groups in total. The summed E-state index contributed by atoms with van der Waals surface area (Å²) in [7, 11) is 1.62. The van der Waals surface area contributed by atoms with E-state index in [1.54, 1.807) is 7.05 Å². The van der Waals surface area contributed by atoms with E-state index >= 15 is 0 Å². The first-order valence-electron chi connectivity index (χ1n) is 11.1. The highest BCUT2D eigenvalue weighted by Crippen LogP contribution is 2.30. The van der Waals surface area contributed by atoms with E-state index < -0.39 is 42.6 Å². The van der Waals surface area contributed by atoms with E-state index in [1.165, 1.54) is 48.7 Å². The Hall–Kier alpha value is -5.01. The molecule has 0 saturated heterocycles. The molecule has 0 bridgehead atoms. The Morgan fingerprint density at radius 2 is 1.90 bits per heavy atom. The van der Waals surface area contributed by atoms with E-state index in [4.69, 9.17) is 10.1 Å². The number of aromatic carboxylic acids is 1. The van der Waals surface area contributed by atoms with Crippen molar-refractivity contribution in [2.45, 2.75) is 13.0 Å². The summed E-state index contributed by atoms with van der Waals surface area (Å²) in [6, 6.07) is 5.80. The molecule has 1 aromatic carbocycles. The molecule has 0 atom stereocenters. The molecule has 202 valence electrons. The van der Waals surface area contributed by atoms with Crippen molar-refractivity contribution < 1.29 is 36.9 Å². The molecule has 10 nitrogen and oxygen atoms in total. The number of nitrogens with zero attached hydrogens (tertiary/aromatic N) is 3. The van der Waals surface area contributed by atoms with Gasteiger partial charge in [-0.25, -0.2) is 18.6 Å². The first-order chi connectivity index (χ1) is 18.6. The van der Waals surface area contributed by atoms with Gasteiger partial charge in [0, 0.05) is 24.9 Å². The van der Waals surface area contributed by atoms with Gasteiger partial charge in [0.05, 0.1) is 22.5 Å². The molecule has 0 amide bonds. The molecule has 0 aliphatic heterocycles. The highest BCUT2D eigenvalue weighted by molar-refractivity contribution is 6.12. The summed E-state index contributed by atoms with van der Waals surface area (Å²) in [6.45, 7) is -4.17. The number of allylic oxidation sites excluding steroid dienone is 5. The molecule has 14 heteroatoms. The second-order valence-electron chi connectivity index (χ2n) is 7.91. The number of pyridine rings is 1. The topological polar surface area (TPSA) is 139 Å². The highest BCUT2D eigenvalue weighted by Gasteiger charge is 2.24. The molecule has 0 unspecified atom stereocenters. The average molecular weight is 545 g/mol. The number of carbonyl (C=O) groups is 1. The number of aromatic nitrogens is 3. The van der Waals surface area contributed by atoms with Crippen LogP contribution in [0.3, 0.4) is 0 Å². The van der Waals surface area contributed by atoms with Crippen molar-refractivity contribution in [3.63, 3.8) is 0 Å². The zero-order chi connectivity index (χ0) is 28.3. The molecule has 2 aromatic heterocycles. The summed E-state index contributed by atoms with van der Waals surface area (Å²) < 4.78 is 61.0. The van der Waals surface area contributed by atoms with Gasteiger partial charge in [-0.05, 0) is 35.9 Å². The van der Waals surface area contributed by atoms with Gasteiger partial charge in [-0.2, -0.15) is 18.6 Å². The van der Waals surface area contributed by atoms with Gasteiger partial charge in [0.15, 0.2) is 6.61 Å². The number of hydrogen-bond acceptors (Lipinski definition) is 8. The summed E-state index contributed by atoms with van der Waals surface area (Å²) in [5.41, 5.74) is -1.22. The lowest BCUT2D eigenvalue weighted by Gasteiger charge is -2.16. The van der Waals surface area contributed by atoms with Crippen molar-refractivity contribution >= 4 is 28.4 Å². The third-order valence-corrected chi connectivity index (χ3v) is 5.35. The monoisotopic (exact) mass is 545 g/mol. The van der Waals surface area contributed by atoms with Crippen molar-refractivity contribution in [1.29, 1.82) is 5.41 Å². The van der Waals surface area contributed by atoms with Gasteiger partial charge in [0.1, 0.15) is 16.8 Å². The van der Waals surface area contributed by atoms with E-state index in [0.717, 1.165) is 10.7 Å². The second-order valence-corrected chi connectivity index (χ2v) is 7.91. The number of carboxylic acids is 1. The van der Waals surface area contributed by atoms with Crippen molar-refractivity contribution in [3.05, 3.63) is 76.3 Å². The normalized spacial score (nSPS) is 14.3. The molecule has 0 radical (unpaired) electrons. The van der Waals surface area contributed by atoms with Crippen LogP contribution in [-0.4, -0.2) is 58.2 Å². The molecule has 39 heavy (non-hydrogen) atoms. The van der Waals surface area contributed by atoms with E-state index in [1.807, 2.05) is 0 Å². The van der Waals surface area contributed by atoms with E-state index in [0.29, 0.717) is 5.57 Å². The maximum Gasteiger partial charge on any atom is 0.387 e. The smallest absolute Gasteiger partial charge is 0.387 e. The summed E-state index contributed by atoms with van der Waals surface area (Å²) in [5.74, 6) is -2.19. The largest absolute Gasteiger partial charge is 0.478 e.